The fraction of sp³-hybridized carbons (Fsp3) is 0.519. The minimum atomic E-state index is -2.93. The molecule has 2 aromatic carbocycles. The van der Waals surface area contributed by atoms with Crippen LogP contribution >= 0.6 is 7.52 Å². The maximum Gasteiger partial charge on any atom is 0.269 e. The zero-order valence-electron chi connectivity index (χ0n) is 21.7. The van der Waals surface area contributed by atoms with Crippen LogP contribution in [0.25, 0.3) is 11.1 Å². The Hall–Kier alpha value is -2.22. The number of carbonyl (C=O) groups is 1. The highest BCUT2D eigenvalue weighted by Gasteiger charge is 2.33. The lowest BCUT2D eigenvalue weighted by molar-refractivity contribution is -0.0854. The lowest BCUT2D eigenvalue weighted by Crippen LogP contribution is -2.46. The van der Waals surface area contributed by atoms with Crippen LogP contribution in [0, 0.1) is 0 Å². The predicted octanol–water partition coefficient (Wildman–Crippen LogP) is 4.12. The summed E-state index contributed by atoms with van der Waals surface area (Å²) in [5, 5.41) is 3.16. The van der Waals surface area contributed by atoms with Crippen molar-refractivity contribution in [2.24, 2.45) is 0 Å². The highest BCUT2D eigenvalue weighted by molar-refractivity contribution is 7.55. The van der Waals surface area contributed by atoms with Crippen LogP contribution < -0.4 is 10.1 Å². The molecule has 2 aliphatic rings. The van der Waals surface area contributed by atoms with Crippen LogP contribution in [0.4, 0.5) is 0 Å². The first-order chi connectivity index (χ1) is 17.2. The van der Waals surface area contributed by atoms with Gasteiger partial charge in [0.15, 0.2) is 0 Å². The monoisotopic (exact) mass is 515 g/mol. The third-order valence-corrected chi connectivity index (χ3v) is 8.91. The van der Waals surface area contributed by atoms with Crippen molar-refractivity contribution in [1.29, 1.82) is 0 Å². The summed E-state index contributed by atoms with van der Waals surface area (Å²) in [6.07, 6.45) is 1.52. The maximum atomic E-state index is 13.3. The lowest BCUT2D eigenvalue weighted by atomic mass is 10.0. The van der Waals surface area contributed by atoms with E-state index in [-0.39, 0.29) is 24.2 Å². The predicted molar refractivity (Wildman–Crippen MR) is 142 cm³/mol. The van der Waals surface area contributed by atoms with Crippen LogP contribution in [0.3, 0.4) is 0 Å². The van der Waals surface area contributed by atoms with Crippen molar-refractivity contribution < 1.29 is 23.4 Å². The van der Waals surface area contributed by atoms with Crippen LogP contribution in [0.1, 0.15) is 30.1 Å². The molecule has 0 aliphatic carbocycles. The molecular formula is C27H38N3O5P. The number of nitrogens with one attached hydrogen (secondary N) is 1. The van der Waals surface area contributed by atoms with Crippen molar-refractivity contribution in [1.82, 2.24) is 14.9 Å². The molecule has 3 unspecified atom stereocenters. The molecule has 1 N–H and O–H groups in total. The number of morpholine rings is 1. The van der Waals surface area contributed by atoms with E-state index in [1.807, 2.05) is 60.1 Å². The van der Waals surface area contributed by atoms with Crippen LogP contribution in [0.5, 0.6) is 5.75 Å². The Bertz CT molecular complexity index is 1080. The smallest absolute Gasteiger partial charge is 0.269 e. The molecule has 36 heavy (non-hydrogen) atoms. The fourth-order valence-electron chi connectivity index (χ4n) is 4.96. The largest absolute Gasteiger partial charge is 0.497 e. The summed E-state index contributed by atoms with van der Waals surface area (Å²) in [7, 11) is 0.774. The summed E-state index contributed by atoms with van der Waals surface area (Å²) in [4.78, 5) is 15.2. The first-order valence-electron chi connectivity index (χ1n) is 12.6. The number of amides is 1. The van der Waals surface area contributed by atoms with Crippen LogP contribution in [0.15, 0.2) is 48.5 Å². The van der Waals surface area contributed by atoms with E-state index in [1.165, 1.54) is 0 Å². The van der Waals surface area contributed by atoms with E-state index in [1.54, 1.807) is 13.8 Å². The van der Waals surface area contributed by atoms with Gasteiger partial charge in [-0.3, -0.25) is 9.36 Å². The molecule has 2 aromatic rings. The molecule has 1 amide bonds. The molecule has 8 nitrogen and oxygen atoms in total. The third-order valence-electron chi connectivity index (χ3n) is 6.86. The second-order valence-electron chi connectivity index (χ2n) is 9.90. The van der Waals surface area contributed by atoms with Gasteiger partial charge in [-0.1, -0.05) is 24.3 Å². The third kappa shape index (κ3) is 6.96. The van der Waals surface area contributed by atoms with Gasteiger partial charge in [-0.25, -0.2) is 4.67 Å². The van der Waals surface area contributed by atoms with E-state index < -0.39 is 7.52 Å². The van der Waals surface area contributed by atoms with Crippen molar-refractivity contribution in [3.8, 4) is 16.9 Å². The van der Waals surface area contributed by atoms with E-state index in [0.717, 1.165) is 42.8 Å². The van der Waals surface area contributed by atoms with E-state index in [0.29, 0.717) is 25.3 Å². The number of benzene rings is 2. The molecule has 0 aromatic heterocycles. The minimum Gasteiger partial charge on any atom is -0.497 e. The average molecular weight is 516 g/mol. The zero-order chi connectivity index (χ0) is 25.7. The van der Waals surface area contributed by atoms with E-state index in [9.17, 15) is 9.36 Å². The quantitative estimate of drug-likeness (QED) is 0.530. The molecule has 196 valence electrons. The summed E-state index contributed by atoms with van der Waals surface area (Å²) in [5.74, 6) is 0.682. The molecule has 2 saturated heterocycles. The van der Waals surface area contributed by atoms with Gasteiger partial charge in [0.1, 0.15) is 5.75 Å². The first-order valence-corrected chi connectivity index (χ1v) is 14.6. The van der Waals surface area contributed by atoms with Gasteiger partial charge in [0.05, 0.1) is 25.9 Å². The summed E-state index contributed by atoms with van der Waals surface area (Å²) in [6.45, 7) is 6.95. The van der Waals surface area contributed by atoms with Crippen molar-refractivity contribution in [2.45, 2.75) is 38.0 Å². The molecule has 2 heterocycles. The summed E-state index contributed by atoms with van der Waals surface area (Å²) >= 11 is 0. The Morgan fingerprint density at radius 1 is 1.11 bits per heavy atom. The van der Waals surface area contributed by atoms with Gasteiger partial charge < -0.3 is 24.2 Å². The molecule has 0 bridgehead atoms. The number of likely N-dealkylation sites (N-methyl/N-ethyl adjacent to an activating group) is 1. The Labute approximate surface area is 214 Å². The second kappa shape index (κ2) is 11.9. The Balaban J connectivity index is 1.28. The fourth-order valence-corrected chi connectivity index (χ4v) is 6.52. The number of hydrogen-bond donors (Lipinski definition) is 1. The van der Waals surface area contributed by atoms with Gasteiger partial charge >= 0.3 is 0 Å². The van der Waals surface area contributed by atoms with Gasteiger partial charge in [0.2, 0.25) is 0 Å². The van der Waals surface area contributed by atoms with Crippen LogP contribution in [0.2, 0.25) is 0 Å². The summed E-state index contributed by atoms with van der Waals surface area (Å²) in [5.41, 5.74) is 2.58. The standard InChI is InChI=1S/C27H38N3O5P/c1-20-17-29(2)18-26(35-20)19-34-36(4,32)30-13-11-24(12-14-30)28-27(31)23-9-5-7-21(15-23)22-8-6-10-25(16-22)33-3/h5-10,15-16,20,24,26H,11-14,17-19H2,1-4H3,(H,28,31). The van der Waals surface area contributed by atoms with Crippen molar-refractivity contribution >= 4 is 13.4 Å². The molecule has 2 aliphatic heterocycles. The van der Waals surface area contributed by atoms with Crippen LogP contribution in [-0.2, 0) is 13.8 Å². The van der Waals surface area contributed by atoms with Crippen LogP contribution in [-0.4, -0.2) is 87.3 Å². The maximum absolute atomic E-state index is 13.3. The minimum absolute atomic E-state index is 0.0328. The van der Waals surface area contributed by atoms with Gasteiger partial charge in [0, 0.05) is 44.4 Å². The topological polar surface area (TPSA) is 80.3 Å². The van der Waals surface area contributed by atoms with Gasteiger partial charge in [0.25, 0.3) is 13.4 Å². The van der Waals surface area contributed by atoms with E-state index >= 15 is 0 Å². The average Bonchev–Trinajstić information content (AvgIpc) is 2.87. The Kier molecular flexibility index (Phi) is 8.86. The van der Waals surface area contributed by atoms with Gasteiger partial charge in [-0.05, 0) is 62.2 Å². The Morgan fingerprint density at radius 2 is 1.81 bits per heavy atom. The molecule has 4 rings (SSSR count). The Morgan fingerprint density at radius 3 is 2.50 bits per heavy atom. The number of piperidine rings is 1. The first kappa shape index (κ1) is 26.8. The van der Waals surface area contributed by atoms with Gasteiger partial charge in [-0.15, -0.1) is 0 Å². The number of nitrogens with zero attached hydrogens (tertiary/aromatic N) is 2. The highest BCUT2D eigenvalue weighted by Crippen LogP contribution is 2.48. The van der Waals surface area contributed by atoms with Gasteiger partial charge in [-0.2, -0.15) is 0 Å². The molecular weight excluding hydrogens is 477 g/mol. The number of ether oxygens (including phenoxy) is 2. The van der Waals surface area contributed by atoms with E-state index in [4.69, 9.17) is 14.0 Å². The highest BCUT2D eigenvalue weighted by atomic mass is 31.2. The normalized spacial score (nSPS) is 23.7. The molecule has 2 fully saturated rings. The van der Waals surface area contributed by atoms with Crippen molar-refractivity contribution in [3.63, 3.8) is 0 Å². The number of rotatable bonds is 8. The second-order valence-corrected chi connectivity index (χ2v) is 12.3. The molecule has 3 atom stereocenters. The number of carbonyl (C=O) groups excluding carboxylic acids is 1. The summed E-state index contributed by atoms with van der Waals surface area (Å²) < 4.78 is 32.4. The number of hydrogen-bond acceptors (Lipinski definition) is 6. The zero-order valence-corrected chi connectivity index (χ0v) is 22.6. The lowest BCUT2D eigenvalue weighted by Gasteiger charge is -2.38. The number of methoxy groups -OCH3 is 1. The van der Waals surface area contributed by atoms with Crippen molar-refractivity contribution in [2.75, 3.05) is 53.6 Å². The SMILES string of the molecule is COc1cccc(-c2cccc(C(=O)NC3CCN(P(C)(=O)OCC4CN(C)CC(C)O4)CC3)c2)c1. The molecule has 0 saturated carbocycles. The van der Waals surface area contributed by atoms with Crippen molar-refractivity contribution in [3.05, 3.63) is 54.1 Å². The van der Waals surface area contributed by atoms with E-state index in [2.05, 4.69) is 17.3 Å². The summed E-state index contributed by atoms with van der Waals surface area (Å²) in [6, 6.07) is 15.4. The molecule has 0 radical (unpaired) electrons. The molecule has 9 heteroatoms. The molecule has 0 spiro atoms.